The average Bonchev–Trinajstić information content (AvgIpc) is 2.88. The van der Waals surface area contributed by atoms with Gasteiger partial charge in [-0.15, -0.1) is 6.58 Å². The van der Waals surface area contributed by atoms with E-state index in [1.807, 2.05) is 0 Å². The molecule has 0 bridgehead atoms. The number of alkyl halides is 6. The van der Waals surface area contributed by atoms with Crippen molar-refractivity contribution in [1.29, 1.82) is 0 Å². The third-order valence-corrected chi connectivity index (χ3v) is 2.27. The van der Waals surface area contributed by atoms with Crippen LogP contribution >= 0.6 is 0 Å². The molecule has 0 saturated heterocycles. The fourth-order valence-corrected chi connectivity index (χ4v) is 1.27. The monoisotopic (exact) mass is 262 g/mol. The van der Waals surface area contributed by atoms with Crippen LogP contribution in [0.5, 0.6) is 0 Å². The highest BCUT2D eigenvalue weighted by atomic mass is 19.4. The number of rotatable bonds is 3. The van der Waals surface area contributed by atoms with Crippen LogP contribution in [0.3, 0.4) is 0 Å². The summed E-state index contributed by atoms with van der Waals surface area (Å²) in [7, 11) is 0. The third kappa shape index (κ3) is 3.37. The molecule has 0 heterocycles. The molecule has 2 atom stereocenters. The Kier molecular flexibility index (Phi) is 3.45. The zero-order valence-corrected chi connectivity index (χ0v) is 8.31. The second kappa shape index (κ2) is 4.23. The summed E-state index contributed by atoms with van der Waals surface area (Å²) in [5, 5.41) is 0. The summed E-state index contributed by atoms with van der Waals surface area (Å²) in [4.78, 5) is 11.0. The minimum absolute atomic E-state index is 0.171. The Morgan fingerprint density at radius 3 is 2.00 bits per heavy atom. The van der Waals surface area contributed by atoms with Crippen LogP contribution in [-0.4, -0.2) is 24.4 Å². The minimum atomic E-state index is -5.66. The fourth-order valence-electron chi connectivity index (χ4n) is 1.27. The summed E-state index contributed by atoms with van der Waals surface area (Å²) in [5.41, 5.74) is 0. The number of allylic oxidation sites excluding steroid dienone is 1. The van der Waals surface area contributed by atoms with E-state index in [1.54, 1.807) is 0 Å². The average molecular weight is 262 g/mol. The van der Waals surface area contributed by atoms with Crippen LogP contribution in [0.25, 0.3) is 0 Å². The Morgan fingerprint density at radius 2 is 1.71 bits per heavy atom. The number of ether oxygens (including phenoxy) is 1. The highest BCUT2D eigenvalue weighted by molar-refractivity contribution is 5.76. The number of hydrogen-bond acceptors (Lipinski definition) is 2. The number of hydrogen-bond donors (Lipinski definition) is 0. The fraction of sp³-hybridized carbons (Fsp3) is 0.667. The summed E-state index contributed by atoms with van der Waals surface area (Å²) in [6.45, 7) is 3.28. The number of halogens is 6. The molecule has 1 fully saturated rings. The second-order valence-electron chi connectivity index (χ2n) is 3.64. The highest BCUT2D eigenvalue weighted by Crippen LogP contribution is 2.43. The van der Waals surface area contributed by atoms with Crippen LogP contribution < -0.4 is 0 Å². The van der Waals surface area contributed by atoms with Gasteiger partial charge < -0.3 is 4.74 Å². The van der Waals surface area contributed by atoms with Crippen molar-refractivity contribution < 1.29 is 35.9 Å². The van der Waals surface area contributed by atoms with Crippen LogP contribution in [0.1, 0.15) is 6.42 Å². The smallest absolute Gasteiger partial charge is 0.434 e. The van der Waals surface area contributed by atoms with E-state index in [1.165, 1.54) is 6.08 Å². The molecule has 2 nitrogen and oxygen atoms in total. The molecular formula is C9H8F6O2. The first-order valence-corrected chi connectivity index (χ1v) is 4.54. The molecule has 98 valence electrons. The summed E-state index contributed by atoms with van der Waals surface area (Å²) < 4.78 is 75.6. The Labute approximate surface area is 92.2 Å². The lowest BCUT2D eigenvalue weighted by Crippen LogP contribution is -2.45. The first-order chi connectivity index (χ1) is 7.57. The van der Waals surface area contributed by atoms with E-state index in [0.717, 1.165) is 0 Å². The Balaban J connectivity index is 2.69. The maximum absolute atomic E-state index is 12.0. The molecule has 0 radical (unpaired) electrons. The van der Waals surface area contributed by atoms with Crippen molar-refractivity contribution in [3.63, 3.8) is 0 Å². The van der Waals surface area contributed by atoms with Gasteiger partial charge in [0.15, 0.2) is 0 Å². The molecular weight excluding hydrogens is 254 g/mol. The van der Waals surface area contributed by atoms with E-state index in [0.29, 0.717) is 0 Å². The van der Waals surface area contributed by atoms with Gasteiger partial charge >= 0.3 is 18.3 Å². The molecule has 0 N–H and O–H groups in total. The van der Waals surface area contributed by atoms with Gasteiger partial charge in [-0.05, 0) is 12.3 Å². The lowest BCUT2D eigenvalue weighted by Gasteiger charge is -2.22. The summed E-state index contributed by atoms with van der Waals surface area (Å²) in [6.07, 6.45) is -13.9. The van der Waals surface area contributed by atoms with Gasteiger partial charge in [0.2, 0.25) is 0 Å². The summed E-state index contributed by atoms with van der Waals surface area (Å²) in [5.74, 6) is -2.83. The third-order valence-electron chi connectivity index (χ3n) is 2.27. The van der Waals surface area contributed by atoms with Gasteiger partial charge in [0.05, 0.1) is 5.92 Å². The van der Waals surface area contributed by atoms with Gasteiger partial charge in [-0.25, -0.2) is 0 Å². The number of esters is 1. The predicted octanol–water partition coefficient (Wildman–Crippen LogP) is 2.84. The lowest BCUT2D eigenvalue weighted by molar-refractivity contribution is -0.313. The first kappa shape index (κ1) is 13.9. The zero-order chi connectivity index (χ0) is 13.4. The van der Waals surface area contributed by atoms with Crippen LogP contribution in [0.15, 0.2) is 12.7 Å². The number of carbonyl (C=O) groups is 1. The standard InChI is InChI=1S/C9H8F6O2/c1-2-4-3-5(4)6(16)17-7(8(10,11)12)9(13,14)15/h2,4-5,7H,1,3H2. The van der Waals surface area contributed by atoms with Crippen LogP contribution in [0.4, 0.5) is 26.3 Å². The molecule has 8 heteroatoms. The minimum Gasteiger partial charge on any atom is -0.443 e. The molecule has 0 amide bonds. The first-order valence-electron chi connectivity index (χ1n) is 4.54. The topological polar surface area (TPSA) is 26.3 Å². The van der Waals surface area contributed by atoms with Crippen molar-refractivity contribution in [2.75, 3.05) is 0 Å². The summed E-state index contributed by atoms with van der Waals surface area (Å²) in [6, 6.07) is 0. The molecule has 0 spiro atoms. The van der Waals surface area contributed by atoms with E-state index < -0.39 is 36.3 Å². The molecule has 0 aromatic carbocycles. The van der Waals surface area contributed by atoms with Crippen LogP contribution in [0, 0.1) is 11.8 Å². The molecule has 2 unspecified atom stereocenters. The molecule has 1 saturated carbocycles. The van der Waals surface area contributed by atoms with Crippen LogP contribution in [-0.2, 0) is 9.53 Å². The molecule has 0 aliphatic heterocycles. The normalized spacial score (nSPS) is 24.6. The largest absolute Gasteiger partial charge is 0.443 e. The van der Waals surface area contributed by atoms with Crippen molar-refractivity contribution in [2.24, 2.45) is 11.8 Å². The van der Waals surface area contributed by atoms with E-state index in [4.69, 9.17) is 0 Å². The van der Waals surface area contributed by atoms with Gasteiger partial charge in [-0.1, -0.05) is 6.08 Å². The van der Waals surface area contributed by atoms with E-state index in [-0.39, 0.29) is 6.42 Å². The van der Waals surface area contributed by atoms with E-state index in [9.17, 15) is 31.1 Å². The van der Waals surface area contributed by atoms with E-state index in [2.05, 4.69) is 11.3 Å². The Hall–Kier alpha value is -1.21. The number of carbonyl (C=O) groups excluding carboxylic acids is 1. The molecule has 0 aromatic heterocycles. The Morgan fingerprint density at radius 1 is 1.24 bits per heavy atom. The lowest BCUT2D eigenvalue weighted by atomic mass is 10.3. The zero-order valence-electron chi connectivity index (χ0n) is 8.31. The van der Waals surface area contributed by atoms with Gasteiger partial charge in [-0.2, -0.15) is 26.3 Å². The van der Waals surface area contributed by atoms with Crippen molar-refractivity contribution in [3.05, 3.63) is 12.7 Å². The SMILES string of the molecule is C=CC1CC1C(=O)OC(C(F)(F)F)C(F)(F)F. The van der Waals surface area contributed by atoms with Gasteiger partial charge in [0.25, 0.3) is 6.10 Å². The predicted molar refractivity (Wildman–Crippen MR) is 43.8 cm³/mol. The second-order valence-corrected chi connectivity index (χ2v) is 3.64. The Bertz CT molecular complexity index is 304. The molecule has 0 aromatic rings. The van der Waals surface area contributed by atoms with Gasteiger partial charge in [0.1, 0.15) is 0 Å². The highest BCUT2D eigenvalue weighted by Gasteiger charge is 2.61. The molecule has 1 aliphatic carbocycles. The van der Waals surface area contributed by atoms with Crippen LogP contribution in [0.2, 0.25) is 0 Å². The quantitative estimate of drug-likeness (QED) is 0.444. The van der Waals surface area contributed by atoms with Crippen molar-refractivity contribution in [3.8, 4) is 0 Å². The van der Waals surface area contributed by atoms with Crippen molar-refractivity contribution in [2.45, 2.75) is 24.9 Å². The maximum atomic E-state index is 12.0. The maximum Gasteiger partial charge on any atom is 0.434 e. The van der Waals surface area contributed by atoms with E-state index >= 15 is 0 Å². The molecule has 17 heavy (non-hydrogen) atoms. The van der Waals surface area contributed by atoms with Crippen molar-refractivity contribution in [1.82, 2.24) is 0 Å². The molecule has 1 aliphatic rings. The van der Waals surface area contributed by atoms with Gasteiger partial charge in [-0.3, -0.25) is 4.79 Å². The van der Waals surface area contributed by atoms with Crippen molar-refractivity contribution >= 4 is 5.97 Å². The van der Waals surface area contributed by atoms with Gasteiger partial charge in [0, 0.05) is 0 Å². The summed E-state index contributed by atoms with van der Waals surface area (Å²) >= 11 is 0. The molecule has 1 rings (SSSR count).